The van der Waals surface area contributed by atoms with Gasteiger partial charge in [0.25, 0.3) is 0 Å². The molecule has 0 fully saturated rings. The van der Waals surface area contributed by atoms with Crippen molar-refractivity contribution in [1.29, 1.82) is 0 Å². The Labute approximate surface area is 118 Å². The Morgan fingerprint density at radius 2 is 2.11 bits per heavy atom. The van der Waals surface area contributed by atoms with Crippen molar-refractivity contribution in [2.75, 3.05) is 18.5 Å². The Bertz CT molecular complexity index is 414. The van der Waals surface area contributed by atoms with Crippen molar-refractivity contribution in [3.63, 3.8) is 0 Å². The van der Waals surface area contributed by atoms with Gasteiger partial charge in [0.15, 0.2) is 0 Å². The molecule has 1 aliphatic rings. The van der Waals surface area contributed by atoms with Gasteiger partial charge >= 0.3 is 0 Å². The molecule has 19 heavy (non-hydrogen) atoms. The topological polar surface area (TPSA) is 15.3 Å². The molecule has 106 valence electrons. The normalized spacial score (nSPS) is 17.4. The lowest BCUT2D eigenvalue weighted by Gasteiger charge is -2.18. The first-order valence-corrected chi connectivity index (χ1v) is 7.66. The number of nitrogens with zero attached hydrogens (tertiary/aromatic N) is 1. The van der Waals surface area contributed by atoms with Crippen LogP contribution >= 0.6 is 0 Å². The summed E-state index contributed by atoms with van der Waals surface area (Å²) >= 11 is 0. The molecule has 0 radical (unpaired) electrons. The third-order valence-corrected chi connectivity index (χ3v) is 4.38. The second-order valence-electron chi connectivity index (χ2n) is 6.17. The number of likely N-dealkylation sites (N-methyl/N-ethyl adjacent to an activating group) is 1. The van der Waals surface area contributed by atoms with Gasteiger partial charge in [-0.1, -0.05) is 32.4 Å². The second-order valence-corrected chi connectivity index (χ2v) is 6.17. The molecule has 1 heterocycles. The van der Waals surface area contributed by atoms with Gasteiger partial charge in [0.1, 0.15) is 0 Å². The minimum Gasteiger partial charge on any atom is -0.374 e. The first-order chi connectivity index (χ1) is 9.10. The highest BCUT2D eigenvalue weighted by atomic mass is 15.1. The molecule has 1 aliphatic heterocycles. The van der Waals surface area contributed by atoms with E-state index in [1.165, 1.54) is 36.1 Å². The molecule has 2 rings (SSSR count). The van der Waals surface area contributed by atoms with Gasteiger partial charge in [-0.3, -0.25) is 0 Å². The van der Waals surface area contributed by atoms with E-state index in [0.29, 0.717) is 6.04 Å². The van der Waals surface area contributed by atoms with E-state index in [2.05, 4.69) is 56.2 Å². The monoisotopic (exact) mass is 260 g/mol. The molecule has 0 saturated heterocycles. The summed E-state index contributed by atoms with van der Waals surface area (Å²) in [5.41, 5.74) is 4.35. The van der Waals surface area contributed by atoms with Crippen LogP contribution in [0.2, 0.25) is 0 Å². The predicted octanol–water partition coefficient (Wildman–Crippen LogP) is 3.59. The van der Waals surface area contributed by atoms with E-state index in [-0.39, 0.29) is 0 Å². The Kier molecular flexibility index (Phi) is 4.87. The summed E-state index contributed by atoms with van der Waals surface area (Å²) in [6.07, 6.45) is 3.74. The third-order valence-electron chi connectivity index (χ3n) is 4.38. The van der Waals surface area contributed by atoms with Crippen LogP contribution < -0.4 is 10.2 Å². The van der Waals surface area contributed by atoms with Crippen LogP contribution in [0.25, 0.3) is 0 Å². The van der Waals surface area contributed by atoms with Crippen molar-refractivity contribution < 1.29 is 0 Å². The highest BCUT2D eigenvalue weighted by molar-refractivity contribution is 5.58. The largest absolute Gasteiger partial charge is 0.374 e. The van der Waals surface area contributed by atoms with E-state index >= 15 is 0 Å². The maximum Gasteiger partial charge on any atom is 0.0397 e. The number of rotatable bonds is 6. The first-order valence-electron chi connectivity index (χ1n) is 7.66. The molecule has 2 nitrogen and oxygen atoms in total. The van der Waals surface area contributed by atoms with Crippen LogP contribution in [0.1, 0.15) is 44.7 Å². The minimum absolute atomic E-state index is 0.603. The van der Waals surface area contributed by atoms with Crippen molar-refractivity contribution in [3.8, 4) is 0 Å². The smallest absolute Gasteiger partial charge is 0.0397 e. The number of hydrogen-bond acceptors (Lipinski definition) is 2. The van der Waals surface area contributed by atoms with Crippen molar-refractivity contribution in [1.82, 2.24) is 5.32 Å². The molecule has 1 aromatic carbocycles. The Hall–Kier alpha value is -1.02. The minimum atomic E-state index is 0.603. The van der Waals surface area contributed by atoms with Gasteiger partial charge in [0.2, 0.25) is 0 Å². The summed E-state index contributed by atoms with van der Waals surface area (Å²) in [6.45, 7) is 9.07. The molecular formula is C17H28N2. The Morgan fingerprint density at radius 3 is 2.84 bits per heavy atom. The fourth-order valence-electron chi connectivity index (χ4n) is 2.88. The lowest BCUT2D eigenvalue weighted by Crippen LogP contribution is -2.27. The Balaban J connectivity index is 1.87. The summed E-state index contributed by atoms with van der Waals surface area (Å²) < 4.78 is 0. The van der Waals surface area contributed by atoms with Crippen LogP contribution in [0.3, 0.4) is 0 Å². The zero-order valence-corrected chi connectivity index (χ0v) is 12.9. The van der Waals surface area contributed by atoms with E-state index in [4.69, 9.17) is 0 Å². The molecule has 2 unspecified atom stereocenters. The van der Waals surface area contributed by atoms with Crippen LogP contribution in [0.4, 0.5) is 5.69 Å². The molecule has 0 aliphatic carbocycles. The summed E-state index contributed by atoms with van der Waals surface area (Å²) in [5.74, 6) is 0.816. The molecular weight excluding hydrogens is 232 g/mol. The van der Waals surface area contributed by atoms with Gasteiger partial charge < -0.3 is 10.2 Å². The average Bonchev–Trinajstić information content (AvgIpc) is 2.77. The molecule has 2 atom stereocenters. The fraction of sp³-hybridized carbons (Fsp3) is 0.647. The molecule has 0 amide bonds. The van der Waals surface area contributed by atoms with Gasteiger partial charge in [-0.15, -0.1) is 0 Å². The predicted molar refractivity (Wildman–Crippen MR) is 83.8 cm³/mol. The quantitative estimate of drug-likeness (QED) is 0.841. The molecule has 0 spiro atoms. The van der Waals surface area contributed by atoms with Crippen LogP contribution in [0.5, 0.6) is 0 Å². The standard InChI is InChI=1S/C17H28N2/c1-5-13(2)10-14(3)18-12-15-6-7-17-16(11-15)8-9-19(17)4/h6-7,11,13-14,18H,5,8-10,12H2,1-4H3. The molecule has 2 heteroatoms. The highest BCUT2D eigenvalue weighted by Crippen LogP contribution is 2.27. The number of fused-ring (bicyclic) bond motifs is 1. The molecule has 0 aromatic heterocycles. The molecule has 0 bridgehead atoms. The van der Waals surface area contributed by atoms with E-state index in [9.17, 15) is 0 Å². The van der Waals surface area contributed by atoms with Gasteiger partial charge in [0, 0.05) is 31.9 Å². The second kappa shape index (κ2) is 6.42. The van der Waals surface area contributed by atoms with Gasteiger partial charge in [-0.2, -0.15) is 0 Å². The third kappa shape index (κ3) is 3.73. The van der Waals surface area contributed by atoms with E-state index in [1.807, 2.05) is 0 Å². The molecule has 1 aromatic rings. The fourth-order valence-corrected chi connectivity index (χ4v) is 2.88. The highest BCUT2D eigenvalue weighted by Gasteiger charge is 2.15. The summed E-state index contributed by atoms with van der Waals surface area (Å²) in [7, 11) is 2.18. The SMILES string of the molecule is CCC(C)CC(C)NCc1ccc2c(c1)CCN2C. The lowest BCUT2D eigenvalue weighted by molar-refractivity contribution is 0.412. The van der Waals surface area contributed by atoms with Crippen molar-refractivity contribution in [2.45, 2.75) is 52.6 Å². The van der Waals surface area contributed by atoms with Crippen molar-refractivity contribution >= 4 is 5.69 Å². The summed E-state index contributed by atoms with van der Waals surface area (Å²) in [4.78, 5) is 2.35. The molecule has 1 N–H and O–H groups in total. The molecule has 0 saturated carbocycles. The average molecular weight is 260 g/mol. The van der Waals surface area contributed by atoms with Gasteiger partial charge in [-0.25, -0.2) is 0 Å². The maximum atomic E-state index is 3.65. The van der Waals surface area contributed by atoms with E-state index in [0.717, 1.165) is 19.0 Å². The van der Waals surface area contributed by atoms with Gasteiger partial charge in [0.05, 0.1) is 0 Å². The van der Waals surface area contributed by atoms with E-state index < -0.39 is 0 Å². The Morgan fingerprint density at radius 1 is 1.32 bits per heavy atom. The number of anilines is 1. The zero-order chi connectivity index (χ0) is 13.8. The zero-order valence-electron chi connectivity index (χ0n) is 12.9. The van der Waals surface area contributed by atoms with Gasteiger partial charge in [-0.05, 0) is 42.9 Å². The van der Waals surface area contributed by atoms with Crippen LogP contribution in [-0.4, -0.2) is 19.6 Å². The summed E-state index contributed by atoms with van der Waals surface area (Å²) in [5, 5.41) is 3.65. The van der Waals surface area contributed by atoms with Crippen molar-refractivity contribution in [2.24, 2.45) is 5.92 Å². The number of hydrogen-bond donors (Lipinski definition) is 1. The summed E-state index contributed by atoms with van der Waals surface area (Å²) in [6, 6.07) is 7.52. The number of benzene rings is 1. The first kappa shape index (κ1) is 14.4. The van der Waals surface area contributed by atoms with Crippen LogP contribution in [0, 0.1) is 5.92 Å². The van der Waals surface area contributed by atoms with Crippen molar-refractivity contribution in [3.05, 3.63) is 29.3 Å². The van der Waals surface area contributed by atoms with Crippen LogP contribution in [-0.2, 0) is 13.0 Å². The maximum absolute atomic E-state index is 3.65. The van der Waals surface area contributed by atoms with E-state index in [1.54, 1.807) is 0 Å². The lowest BCUT2D eigenvalue weighted by atomic mass is 10.00. The van der Waals surface area contributed by atoms with Crippen LogP contribution in [0.15, 0.2) is 18.2 Å². The number of nitrogens with one attached hydrogen (secondary N) is 1.